The van der Waals surface area contributed by atoms with Crippen molar-refractivity contribution in [2.75, 3.05) is 33.3 Å². The van der Waals surface area contributed by atoms with Gasteiger partial charge in [0.1, 0.15) is 0 Å². The average molecular weight is 260 g/mol. The summed E-state index contributed by atoms with van der Waals surface area (Å²) in [6.07, 6.45) is 2.61. The predicted octanol–water partition coefficient (Wildman–Crippen LogP) is 2.19. The summed E-state index contributed by atoms with van der Waals surface area (Å²) in [5.74, 6) is 0.834. The first kappa shape index (κ1) is 13.1. The minimum atomic E-state index is 0.430. The van der Waals surface area contributed by atoms with Crippen LogP contribution in [0.1, 0.15) is 30.0 Å². The Morgan fingerprint density at radius 1 is 1.26 bits per heavy atom. The summed E-state index contributed by atoms with van der Waals surface area (Å²) in [5.41, 5.74) is 2.82. The van der Waals surface area contributed by atoms with E-state index in [4.69, 9.17) is 4.74 Å². The van der Waals surface area contributed by atoms with Gasteiger partial charge in [0.2, 0.25) is 0 Å². The van der Waals surface area contributed by atoms with Gasteiger partial charge in [-0.3, -0.25) is 4.90 Å². The highest BCUT2D eigenvalue weighted by molar-refractivity contribution is 5.31. The number of hydrogen-bond donors (Lipinski definition) is 1. The summed E-state index contributed by atoms with van der Waals surface area (Å²) in [7, 11) is 2.25. The molecule has 19 heavy (non-hydrogen) atoms. The topological polar surface area (TPSA) is 24.5 Å². The molecule has 1 aromatic carbocycles. The minimum absolute atomic E-state index is 0.430. The van der Waals surface area contributed by atoms with E-state index in [0.29, 0.717) is 6.04 Å². The molecule has 1 atom stereocenters. The van der Waals surface area contributed by atoms with Crippen LogP contribution in [-0.4, -0.2) is 38.2 Å². The molecule has 0 bridgehead atoms. The lowest BCUT2D eigenvalue weighted by atomic mass is 9.94. The Hall–Kier alpha value is -0.900. The standard InChI is InChI=1S/C16H24N2O/c1-18(10-13-6-8-17-9-7-13)16-12-19-11-14-4-2-3-5-15(14)16/h2-5,13,16-17H,6-12H2,1H3. The van der Waals surface area contributed by atoms with Crippen LogP contribution in [0.4, 0.5) is 0 Å². The number of fused-ring (bicyclic) bond motifs is 1. The fourth-order valence-electron chi connectivity index (χ4n) is 3.32. The quantitative estimate of drug-likeness (QED) is 0.901. The summed E-state index contributed by atoms with van der Waals surface area (Å²) in [6.45, 7) is 5.14. The zero-order chi connectivity index (χ0) is 13.1. The second-order valence-corrected chi connectivity index (χ2v) is 5.86. The molecule has 1 N–H and O–H groups in total. The number of rotatable bonds is 3. The summed E-state index contributed by atoms with van der Waals surface area (Å²) >= 11 is 0. The lowest BCUT2D eigenvalue weighted by Gasteiger charge is -2.36. The largest absolute Gasteiger partial charge is 0.375 e. The Bertz CT molecular complexity index is 415. The van der Waals surface area contributed by atoms with Gasteiger partial charge in [-0.05, 0) is 50.0 Å². The predicted molar refractivity (Wildman–Crippen MR) is 77.1 cm³/mol. The van der Waals surface area contributed by atoms with Crippen molar-refractivity contribution in [2.45, 2.75) is 25.5 Å². The molecule has 2 heterocycles. The van der Waals surface area contributed by atoms with Crippen LogP contribution < -0.4 is 5.32 Å². The maximum absolute atomic E-state index is 5.76. The van der Waals surface area contributed by atoms with E-state index in [-0.39, 0.29) is 0 Å². The van der Waals surface area contributed by atoms with Crippen molar-refractivity contribution in [3.05, 3.63) is 35.4 Å². The first-order valence-electron chi connectivity index (χ1n) is 7.41. The molecule has 0 aliphatic carbocycles. The van der Waals surface area contributed by atoms with Gasteiger partial charge in [0, 0.05) is 6.54 Å². The van der Waals surface area contributed by atoms with Crippen LogP contribution in [-0.2, 0) is 11.3 Å². The fourth-order valence-corrected chi connectivity index (χ4v) is 3.32. The van der Waals surface area contributed by atoms with Crippen molar-refractivity contribution in [1.82, 2.24) is 10.2 Å². The van der Waals surface area contributed by atoms with Crippen molar-refractivity contribution in [3.63, 3.8) is 0 Å². The molecule has 1 fully saturated rings. The second kappa shape index (κ2) is 6.04. The Morgan fingerprint density at radius 3 is 2.89 bits per heavy atom. The Kier molecular flexibility index (Phi) is 4.16. The fraction of sp³-hybridized carbons (Fsp3) is 0.625. The molecule has 0 saturated carbocycles. The van der Waals surface area contributed by atoms with Crippen molar-refractivity contribution in [3.8, 4) is 0 Å². The van der Waals surface area contributed by atoms with Crippen LogP contribution in [0.3, 0.4) is 0 Å². The van der Waals surface area contributed by atoms with E-state index in [0.717, 1.165) is 19.1 Å². The lowest BCUT2D eigenvalue weighted by Crippen LogP contribution is -2.38. The van der Waals surface area contributed by atoms with E-state index in [2.05, 4.69) is 41.5 Å². The molecule has 0 amide bonds. The molecular formula is C16H24N2O. The third-order valence-electron chi connectivity index (χ3n) is 4.48. The third kappa shape index (κ3) is 2.99. The van der Waals surface area contributed by atoms with Crippen molar-refractivity contribution in [1.29, 1.82) is 0 Å². The second-order valence-electron chi connectivity index (χ2n) is 5.86. The smallest absolute Gasteiger partial charge is 0.0721 e. The zero-order valence-corrected chi connectivity index (χ0v) is 11.8. The number of likely N-dealkylation sites (N-methyl/N-ethyl adjacent to an activating group) is 1. The number of nitrogens with zero attached hydrogens (tertiary/aromatic N) is 1. The van der Waals surface area contributed by atoms with Crippen molar-refractivity contribution >= 4 is 0 Å². The molecule has 3 rings (SSSR count). The lowest BCUT2D eigenvalue weighted by molar-refractivity contribution is 0.0350. The molecule has 2 aliphatic rings. The van der Waals surface area contributed by atoms with E-state index in [1.165, 1.54) is 43.6 Å². The highest BCUT2D eigenvalue weighted by atomic mass is 16.5. The van der Waals surface area contributed by atoms with Crippen LogP contribution in [0, 0.1) is 5.92 Å². The number of ether oxygens (including phenoxy) is 1. The maximum atomic E-state index is 5.76. The summed E-state index contributed by atoms with van der Waals surface area (Å²) in [6, 6.07) is 9.15. The van der Waals surface area contributed by atoms with Gasteiger partial charge in [0.05, 0.1) is 19.3 Å². The molecule has 0 radical (unpaired) electrons. The first-order chi connectivity index (χ1) is 9.34. The van der Waals surface area contributed by atoms with Crippen LogP contribution in [0.5, 0.6) is 0 Å². The summed E-state index contributed by atoms with van der Waals surface area (Å²) in [4.78, 5) is 2.49. The van der Waals surface area contributed by atoms with Crippen LogP contribution in [0.15, 0.2) is 24.3 Å². The molecule has 3 nitrogen and oxygen atoms in total. The van der Waals surface area contributed by atoms with E-state index in [1.54, 1.807) is 0 Å². The van der Waals surface area contributed by atoms with E-state index in [9.17, 15) is 0 Å². The van der Waals surface area contributed by atoms with Gasteiger partial charge < -0.3 is 10.1 Å². The van der Waals surface area contributed by atoms with Crippen LogP contribution in [0.25, 0.3) is 0 Å². The number of benzene rings is 1. The molecular weight excluding hydrogens is 236 g/mol. The Balaban J connectivity index is 1.68. The molecule has 2 aliphatic heterocycles. The number of hydrogen-bond acceptors (Lipinski definition) is 3. The molecule has 1 unspecified atom stereocenters. The van der Waals surface area contributed by atoms with E-state index >= 15 is 0 Å². The van der Waals surface area contributed by atoms with Gasteiger partial charge in [-0.2, -0.15) is 0 Å². The van der Waals surface area contributed by atoms with Gasteiger partial charge in [-0.1, -0.05) is 24.3 Å². The van der Waals surface area contributed by atoms with Crippen LogP contribution in [0.2, 0.25) is 0 Å². The Morgan fingerprint density at radius 2 is 2.05 bits per heavy atom. The van der Waals surface area contributed by atoms with E-state index < -0.39 is 0 Å². The Labute approximate surface area is 115 Å². The third-order valence-corrected chi connectivity index (χ3v) is 4.48. The van der Waals surface area contributed by atoms with Gasteiger partial charge in [0.15, 0.2) is 0 Å². The zero-order valence-electron chi connectivity index (χ0n) is 11.8. The van der Waals surface area contributed by atoms with Crippen LogP contribution >= 0.6 is 0 Å². The van der Waals surface area contributed by atoms with Crippen molar-refractivity contribution in [2.24, 2.45) is 5.92 Å². The highest BCUT2D eigenvalue weighted by Crippen LogP contribution is 2.29. The van der Waals surface area contributed by atoms with Crippen molar-refractivity contribution < 1.29 is 4.74 Å². The number of piperidine rings is 1. The average Bonchev–Trinajstić information content (AvgIpc) is 2.47. The summed E-state index contributed by atoms with van der Waals surface area (Å²) < 4.78 is 5.76. The van der Waals surface area contributed by atoms with E-state index in [1.807, 2.05) is 0 Å². The van der Waals surface area contributed by atoms with Gasteiger partial charge in [-0.15, -0.1) is 0 Å². The minimum Gasteiger partial charge on any atom is -0.375 e. The van der Waals surface area contributed by atoms with Gasteiger partial charge >= 0.3 is 0 Å². The molecule has 104 valence electrons. The molecule has 1 saturated heterocycles. The molecule has 0 spiro atoms. The first-order valence-corrected chi connectivity index (χ1v) is 7.41. The molecule has 0 aromatic heterocycles. The normalized spacial score (nSPS) is 24.4. The molecule has 3 heteroatoms. The van der Waals surface area contributed by atoms with Gasteiger partial charge in [-0.25, -0.2) is 0 Å². The highest BCUT2D eigenvalue weighted by Gasteiger charge is 2.26. The summed E-state index contributed by atoms with van der Waals surface area (Å²) in [5, 5.41) is 3.44. The monoisotopic (exact) mass is 260 g/mol. The SMILES string of the molecule is CN(CC1CCNCC1)C1COCc2ccccc21. The maximum Gasteiger partial charge on any atom is 0.0721 e. The van der Waals surface area contributed by atoms with Gasteiger partial charge in [0.25, 0.3) is 0 Å². The molecule has 1 aromatic rings. The number of nitrogens with one attached hydrogen (secondary N) is 1.